The quantitative estimate of drug-likeness (QED) is 0.826. The number of hydrogen-bond acceptors (Lipinski definition) is 4. The first kappa shape index (κ1) is 15.9. The summed E-state index contributed by atoms with van der Waals surface area (Å²) in [6.07, 6.45) is -1.99. The summed E-state index contributed by atoms with van der Waals surface area (Å²) in [6.45, 7) is 2.17. The number of carbonyl (C=O) groups is 2. The first-order chi connectivity index (χ1) is 8.29. The van der Waals surface area contributed by atoms with Crippen LogP contribution in [0.5, 0.6) is 0 Å². The standard InChI is InChI=1S/C8H9NO2.C2HF3O2/c1-2-11-8(10)7-4-3-5-9-6-7;3-2(4,5)1(6)7/h3-6H,2H2,1H3;(H,6,7). The molecule has 100 valence electrons. The van der Waals surface area contributed by atoms with Crippen LogP contribution in [0.25, 0.3) is 0 Å². The lowest BCUT2D eigenvalue weighted by Crippen LogP contribution is -2.21. The maximum absolute atomic E-state index is 11.0. The molecule has 0 aromatic carbocycles. The number of aliphatic carboxylic acids is 1. The van der Waals surface area contributed by atoms with Crippen molar-refractivity contribution in [2.45, 2.75) is 13.1 Å². The zero-order valence-corrected chi connectivity index (χ0v) is 9.27. The Bertz CT molecular complexity index is 392. The van der Waals surface area contributed by atoms with Crippen molar-refractivity contribution in [2.75, 3.05) is 6.61 Å². The second kappa shape index (κ2) is 7.25. The van der Waals surface area contributed by atoms with E-state index >= 15 is 0 Å². The molecule has 1 aromatic heterocycles. The van der Waals surface area contributed by atoms with E-state index in [9.17, 15) is 18.0 Å². The smallest absolute Gasteiger partial charge is 0.475 e. The summed E-state index contributed by atoms with van der Waals surface area (Å²) in [5.41, 5.74) is 0.495. The number of carbonyl (C=O) groups excluding carboxylic acids is 1. The molecular formula is C10H10F3NO4. The third-order valence-electron chi connectivity index (χ3n) is 1.42. The van der Waals surface area contributed by atoms with Crippen molar-refractivity contribution < 1.29 is 32.6 Å². The number of carboxylic acid groups (broad SMARTS) is 1. The Labute approximate surface area is 100 Å². The number of carboxylic acids is 1. The van der Waals surface area contributed by atoms with Gasteiger partial charge in [-0.05, 0) is 19.1 Å². The highest BCUT2D eigenvalue weighted by molar-refractivity contribution is 5.88. The lowest BCUT2D eigenvalue weighted by Gasteiger charge is -1.98. The number of rotatable bonds is 2. The van der Waals surface area contributed by atoms with E-state index in [0.717, 1.165) is 0 Å². The second-order valence-electron chi connectivity index (χ2n) is 2.77. The Hall–Kier alpha value is -2.12. The third kappa shape index (κ3) is 6.46. The molecule has 0 aliphatic carbocycles. The fraction of sp³-hybridized carbons (Fsp3) is 0.300. The fourth-order valence-electron chi connectivity index (χ4n) is 0.698. The minimum absolute atomic E-state index is 0.319. The van der Waals surface area contributed by atoms with Gasteiger partial charge >= 0.3 is 18.1 Å². The first-order valence-corrected chi connectivity index (χ1v) is 4.66. The number of aromatic nitrogens is 1. The molecule has 1 aromatic rings. The van der Waals surface area contributed by atoms with Crippen molar-refractivity contribution in [3.63, 3.8) is 0 Å². The molecule has 0 radical (unpaired) electrons. The molecule has 1 N–H and O–H groups in total. The highest BCUT2D eigenvalue weighted by atomic mass is 19.4. The van der Waals surface area contributed by atoms with Crippen LogP contribution in [0.2, 0.25) is 0 Å². The summed E-state index contributed by atoms with van der Waals surface area (Å²) < 4.78 is 36.5. The fourth-order valence-corrected chi connectivity index (χ4v) is 0.698. The summed E-state index contributed by atoms with van der Waals surface area (Å²) in [6, 6.07) is 3.37. The van der Waals surface area contributed by atoms with Crippen LogP contribution in [-0.2, 0) is 9.53 Å². The lowest BCUT2D eigenvalue weighted by atomic mass is 10.3. The van der Waals surface area contributed by atoms with Crippen LogP contribution in [0.1, 0.15) is 17.3 Å². The summed E-state index contributed by atoms with van der Waals surface area (Å²) in [7, 11) is 0. The average Bonchev–Trinajstić information content (AvgIpc) is 2.30. The van der Waals surface area contributed by atoms with Crippen LogP contribution in [0.15, 0.2) is 24.5 Å². The number of alkyl halides is 3. The summed E-state index contributed by atoms with van der Waals surface area (Å²) in [5, 5.41) is 7.12. The van der Waals surface area contributed by atoms with Crippen molar-refractivity contribution >= 4 is 11.9 Å². The number of nitrogens with zero attached hydrogens (tertiary/aromatic N) is 1. The van der Waals surface area contributed by atoms with Gasteiger partial charge in [0, 0.05) is 12.4 Å². The zero-order chi connectivity index (χ0) is 14.2. The van der Waals surface area contributed by atoms with E-state index in [2.05, 4.69) is 4.98 Å². The Morgan fingerprint density at radius 1 is 1.44 bits per heavy atom. The van der Waals surface area contributed by atoms with Gasteiger partial charge in [-0.25, -0.2) is 9.59 Å². The Morgan fingerprint density at radius 3 is 2.33 bits per heavy atom. The molecule has 1 heterocycles. The molecule has 0 aliphatic heterocycles. The van der Waals surface area contributed by atoms with Crippen LogP contribution >= 0.6 is 0 Å². The normalized spacial score (nSPS) is 10.0. The Balaban J connectivity index is 0.000000360. The maximum Gasteiger partial charge on any atom is 0.490 e. The third-order valence-corrected chi connectivity index (χ3v) is 1.42. The monoisotopic (exact) mass is 265 g/mol. The minimum Gasteiger partial charge on any atom is -0.475 e. The van der Waals surface area contributed by atoms with Crippen LogP contribution < -0.4 is 0 Å². The predicted octanol–water partition coefficient (Wildman–Crippen LogP) is 1.89. The molecule has 0 unspecified atom stereocenters. The van der Waals surface area contributed by atoms with E-state index in [1.54, 1.807) is 25.3 Å². The topological polar surface area (TPSA) is 76.5 Å². The molecule has 0 saturated carbocycles. The van der Waals surface area contributed by atoms with Gasteiger partial charge < -0.3 is 9.84 Å². The van der Waals surface area contributed by atoms with E-state index < -0.39 is 12.1 Å². The number of halogens is 3. The Kier molecular flexibility index (Phi) is 6.40. The molecule has 0 saturated heterocycles. The molecule has 0 amide bonds. The Morgan fingerprint density at radius 2 is 2.00 bits per heavy atom. The molecule has 0 bridgehead atoms. The molecule has 18 heavy (non-hydrogen) atoms. The molecular weight excluding hydrogens is 255 g/mol. The minimum atomic E-state index is -5.08. The summed E-state index contributed by atoms with van der Waals surface area (Å²) in [4.78, 5) is 23.7. The van der Waals surface area contributed by atoms with E-state index in [1.807, 2.05) is 0 Å². The van der Waals surface area contributed by atoms with Crippen molar-refractivity contribution in [3.8, 4) is 0 Å². The van der Waals surface area contributed by atoms with Gasteiger partial charge in [-0.1, -0.05) is 0 Å². The second-order valence-corrected chi connectivity index (χ2v) is 2.77. The van der Waals surface area contributed by atoms with E-state index in [-0.39, 0.29) is 5.97 Å². The molecule has 0 fully saturated rings. The molecule has 1 rings (SSSR count). The van der Waals surface area contributed by atoms with Crippen molar-refractivity contribution in [1.82, 2.24) is 4.98 Å². The molecule has 0 atom stereocenters. The highest BCUT2D eigenvalue weighted by Gasteiger charge is 2.38. The SMILES string of the molecule is CCOC(=O)c1cccnc1.O=C(O)C(F)(F)F. The van der Waals surface area contributed by atoms with E-state index in [4.69, 9.17) is 14.6 Å². The average molecular weight is 265 g/mol. The first-order valence-electron chi connectivity index (χ1n) is 4.66. The van der Waals surface area contributed by atoms with Crippen molar-refractivity contribution in [1.29, 1.82) is 0 Å². The van der Waals surface area contributed by atoms with Crippen LogP contribution in [0.3, 0.4) is 0 Å². The number of esters is 1. The molecule has 0 aliphatic rings. The number of hydrogen-bond donors (Lipinski definition) is 1. The van der Waals surface area contributed by atoms with E-state index in [1.165, 1.54) is 6.20 Å². The van der Waals surface area contributed by atoms with Gasteiger partial charge in [-0.3, -0.25) is 4.98 Å². The number of ether oxygens (including phenoxy) is 1. The van der Waals surface area contributed by atoms with Gasteiger partial charge in [-0.15, -0.1) is 0 Å². The lowest BCUT2D eigenvalue weighted by molar-refractivity contribution is -0.192. The van der Waals surface area contributed by atoms with Gasteiger partial charge in [0.25, 0.3) is 0 Å². The van der Waals surface area contributed by atoms with Gasteiger partial charge in [0.1, 0.15) is 0 Å². The van der Waals surface area contributed by atoms with Crippen LogP contribution in [0, 0.1) is 0 Å². The molecule has 8 heteroatoms. The van der Waals surface area contributed by atoms with Crippen LogP contribution in [0.4, 0.5) is 13.2 Å². The maximum atomic E-state index is 11.0. The van der Waals surface area contributed by atoms with E-state index in [0.29, 0.717) is 12.2 Å². The van der Waals surface area contributed by atoms with Gasteiger partial charge in [0.15, 0.2) is 0 Å². The summed E-state index contributed by atoms with van der Waals surface area (Å²) in [5.74, 6) is -3.08. The molecule has 0 spiro atoms. The number of pyridine rings is 1. The van der Waals surface area contributed by atoms with Crippen molar-refractivity contribution in [2.24, 2.45) is 0 Å². The zero-order valence-electron chi connectivity index (χ0n) is 9.27. The largest absolute Gasteiger partial charge is 0.490 e. The van der Waals surface area contributed by atoms with Gasteiger partial charge in [-0.2, -0.15) is 13.2 Å². The molecule has 5 nitrogen and oxygen atoms in total. The van der Waals surface area contributed by atoms with Crippen LogP contribution in [-0.4, -0.2) is 34.8 Å². The highest BCUT2D eigenvalue weighted by Crippen LogP contribution is 2.13. The van der Waals surface area contributed by atoms with Gasteiger partial charge in [0.2, 0.25) is 0 Å². The summed E-state index contributed by atoms with van der Waals surface area (Å²) >= 11 is 0. The van der Waals surface area contributed by atoms with Crippen molar-refractivity contribution in [3.05, 3.63) is 30.1 Å². The predicted molar refractivity (Wildman–Crippen MR) is 53.9 cm³/mol. The van der Waals surface area contributed by atoms with Gasteiger partial charge in [0.05, 0.1) is 12.2 Å².